The summed E-state index contributed by atoms with van der Waals surface area (Å²) in [5, 5.41) is 6.54. The second-order valence-corrected chi connectivity index (χ2v) is 5.23. The van der Waals surface area contributed by atoms with Crippen LogP contribution in [0.4, 0.5) is 0 Å². The number of ether oxygens (including phenoxy) is 2. The highest BCUT2D eigenvalue weighted by molar-refractivity contribution is 14.0. The van der Waals surface area contributed by atoms with Crippen molar-refractivity contribution in [2.24, 2.45) is 4.99 Å². The molecule has 0 bridgehead atoms. The molecule has 0 aliphatic rings. The molecular formula is C15H25BrIN3O2. The highest BCUT2D eigenvalue weighted by atomic mass is 127. The maximum absolute atomic E-state index is 5.30. The van der Waals surface area contributed by atoms with E-state index in [1.54, 1.807) is 14.2 Å². The van der Waals surface area contributed by atoms with Gasteiger partial charge in [0.2, 0.25) is 0 Å². The molecule has 0 saturated carbocycles. The van der Waals surface area contributed by atoms with E-state index in [0.717, 1.165) is 47.9 Å². The summed E-state index contributed by atoms with van der Waals surface area (Å²) in [5.41, 5.74) is 1.15. The summed E-state index contributed by atoms with van der Waals surface area (Å²) >= 11 is 3.48. The minimum Gasteiger partial charge on any atom is -0.496 e. The number of hydrogen-bond donors (Lipinski definition) is 2. The second kappa shape index (κ2) is 13.0. The summed E-state index contributed by atoms with van der Waals surface area (Å²) in [6.07, 6.45) is 0.961. The summed E-state index contributed by atoms with van der Waals surface area (Å²) in [6.45, 7) is 5.08. The fraction of sp³-hybridized carbons (Fsp3) is 0.533. The van der Waals surface area contributed by atoms with Crippen molar-refractivity contribution in [2.75, 3.05) is 33.9 Å². The number of benzene rings is 1. The Morgan fingerprint density at radius 3 is 2.68 bits per heavy atom. The number of rotatable bonds is 8. The van der Waals surface area contributed by atoms with Crippen molar-refractivity contribution < 1.29 is 9.47 Å². The molecule has 0 saturated heterocycles. The lowest BCUT2D eigenvalue weighted by molar-refractivity contribution is 0.145. The Morgan fingerprint density at radius 1 is 1.32 bits per heavy atom. The monoisotopic (exact) mass is 485 g/mol. The van der Waals surface area contributed by atoms with Crippen molar-refractivity contribution in [1.29, 1.82) is 0 Å². The minimum absolute atomic E-state index is 0. The number of nitrogens with zero attached hydrogens (tertiary/aromatic N) is 1. The van der Waals surface area contributed by atoms with Gasteiger partial charge < -0.3 is 20.1 Å². The number of nitrogens with one attached hydrogen (secondary N) is 2. The van der Waals surface area contributed by atoms with E-state index in [2.05, 4.69) is 31.6 Å². The van der Waals surface area contributed by atoms with Crippen molar-refractivity contribution >= 4 is 45.9 Å². The first kappa shape index (κ1) is 21.5. The molecule has 0 heterocycles. The maximum atomic E-state index is 5.30. The zero-order valence-corrected chi connectivity index (χ0v) is 17.2. The van der Waals surface area contributed by atoms with Gasteiger partial charge in [-0.1, -0.05) is 6.07 Å². The first-order chi connectivity index (χ1) is 10.2. The zero-order valence-electron chi connectivity index (χ0n) is 13.3. The van der Waals surface area contributed by atoms with Gasteiger partial charge in [0.15, 0.2) is 5.96 Å². The van der Waals surface area contributed by atoms with E-state index in [-0.39, 0.29) is 24.0 Å². The second-order valence-electron chi connectivity index (χ2n) is 4.37. The van der Waals surface area contributed by atoms with Crippen molar-refractivity contribution in [3.63, 3.8) is 0 Å². The Kier molecular flexibility index (Phi) is 12.6. The molecule has 22 heavy (non-hydrogen) atoms. The Balaban J connectivity index is 0.00000441. The van der Waals surface area contributed by atoms with Crippen molar-refractivity contribution in [3.05, 3.63) is 28.2 Å². The quantitative estimate of drug-likeness (QED) is 0.257. The third-order valence-electron chi connectivity index (χ3n) is 2.86. The van der Waals surface area contributed by atoms with Crippen LogP contribution in [0.5, 0.6) is 5.75 Å². The van der Waals surface area contributed by atoms with Gasteiger partial charge >= 0.3 is 0 Å². The minimum atomic E-state index is 0. The summed E-state index contributed by atoms with van der Waals surface area (Å²) < 4.78 is 11.5. The molecule has 0 unspecified atom stereocenters. The largest absolute Gasteiger partial charge is 0.496 e. The van der Waals surface area contributed by atoms with E-state index >= 15 is 0 Å². The normalized spacial score (nSPS) is 10.8. The molecule has 126 valence electrons. The van der Waals surface area contributed by atoms with Crippen molar-refractivity contribution in [3.8, 4) is 5.75 Å². The van der Waals surface area contributed by atoms with Crippen LogP contribution in [0.3, 0.4) is 0 Å². The van der Waals surface area contributed by atoms with Crippen LogP contribution in [-0.2, 0) is 11.3 Å². The Morgan fingerprint density at radius 2 is 2.09 bits per heavy atom. The van der Waals surface area contributed by atoms with E-state index in [9.17, 15) is 0 Å². The van der Waals surface area contributed by atoms with E-state index in [0.29, 0.717) is 6.54 Å². The van der Waals surface area contributed by atoms with Crippen LogP contribution in [0.25, 0.3) is 0 Å². The number of halogens is 2. The maximum Gasteiger partial charge on any atom is 0.191 e. The number of hydrogen-bond acceptors (Lipinski definition) is 3. The first-order valence-electron chi connectivity index (χ1n) is 7.06. The average Bonchev–Trinajstić information content (AvgIpc) is 2.50. The Hall–Kier alpha value is -0.540. The summed E-state index contributed by atoms with van der Waals surface area (Å²) in [4.78, 5) is 4.19. The molecule has 0 aliphatic heterocycles. The molecule has 0 aliphatic carbocycles. The topological polar surface area (TPSA) is 54.9 Å². The summed E-state index contributed by atoms with van der Waals surface area (Å²) in [5.74, 6) is 1.62. The molecule has 1 aromatic carbocycles. The Bertz CT molecular complexity index is 458. The molecule has 7 heteroatoms. The lowest BCUT2D eigenvalue weighted by atomic mass is 10.2. The van der Waals surface area contributed by atoms with E-state index < -0.39 is 0 Å². The third kappa shape index (κ3) is 8.19. The van der Waals surface area contributed by atoms with Crippen LogP contribution in [0, 0.1) is 0 Å². The fourth-order valence-electron chi connectivity index (χ4n) is 1.75. The van der Waals surface area contributed by atoms with Crippen LogP contribution in [0.2, 0.25) is 0 Å². The predicted molar refractivity (Wildman–Crippen MR) is 105 cm³/mol. The fourth-order valence-corrected chi connectivity index (χ4v) is 2.34. The van der Waals surface area contributed by atoms with Crippen LogP contribution in [-0.4, -0.2) is 39.9 Å². The lowest BCUT2D eigenvalue weighted by Gasteiger charge is -2.12. The molecular weight excluding hydrogens is 461 g/mol. The van der Waals surface area contributed by atoms with Crippen molar-refractivity contribution in [2.45, 2.75) is 19.9 Å². The van der Waals surface area contributed by atoms with Gasteiger partial charge in [-0.25, -0.2) is 0 Å². The molecule has 1 aromatic rings. The molecule has 1 rings (SSSR count). The molecule has 0 atom stereocenters. The third-order valence-corrected chi connectivity index (χ3v) is 3.48. The SMILES string of the molecule is CCOCCCNC(=NC)NCc1ccc(OC)c(Br)c1.I. The van der Waals surface area contributed by atoms with Gasteiger partial charge in [-0.05, 0) is 47.0 Å². The Labute approximate surface area is 158 Å². The number of guanidine groups is 1. The van der Waals surface area contributed by atoms with Gasteiger partial charge in [-0.15, -0.1) is 24.0 Å². The van der Waals surface area contributed by atoms with Gasteiger partial charge in [-0.3, -0.25) is 4.99 Å². The number of methoxy groups -OCH3 is 1. The number of aliphatic imine (C=N–C) groups is 1. The molecule has 0 aromatic heterocycles. The van der Waals surface area contributed by atoms with E-state index in [1.807, 2.05) is 25.1 Å². The summed E-state index contributed by atoms with van der Waals surface area (Å²) in [7, 11) is 3.42. The highest BCUT2D eigenvalue weighted by Gasteiger charge is 2.02. The van der Waals surface area contributed by atoms with Gasteiger partial charge in [0.25, 0.3) is 0 Å². The highest BCUT2D eigenvalue weighted by Crippen LogP contribution is 2.25. The molecule has 2 N–H and O–H groups in total. The van der Waals surface area contributed by atoms with E-state index in [1.165, 1.54) is 0 Å². The zero-order chi connectivity index (χ0) is 15.5. The van der Waals surface area contributed by atoms with Gasteiger partial charge in [0.1, 0.15) is 5.75 Å². The van der Waals surface area contributed by atoms with Gasteiger partial charge in [0, 0.05) is 33.4 Å². The van der Waals surface area contributed by atoms with Gasteiger partial charge in [0.05, 0.1) is 11.6 Å². The van der Waals surface area contributed by atoms with Crippen molar-refractivity contribution in [1.82, 2.24) is 10.6 Å². The molecule has 0 fully saturated rings. The predicted octanol–water partition coefficient (Wildman–Crippen LogP) is 3.17. The molecule has 0 spiro atoms. The van der Waals surface area contributed by atoms with Crippen LogP contribution < -0.4 is 15.4 Å². The standard InChI is InChI=1S/C15H24BrN3O2.HI/c1-4-21-9-5-8-18-15(17-2)19-11-12-6-7-14(20-3)13(16)10-12;/h6-7,10H,4-5,8-9,11H2,1-3H3,(H2,17,18,19);1H. The smallest absolute Gasteiger partial charge is 0.191 e. The van der Waals surface area contributed by atoms with Crippen LogP contribution in [0.15, 0.2) is 27.7 Å². The average molecular weight is 486 g/mol. The van der Waals surface area contributed by atoms with E-state index in [4.69, 9.17) is 9.47 Å². The molecule has 0 amide bonds. The van der Waals surface area contributed by atoms with Crippen LogP contribution >= 0.6 is 39.9 Å². The molecule has 5 nitrogen and oxygen atoms in total. The van der Waals surface area contributed by atoms with Gasteiger partial charge in [-0.2, -0.15) is 0 Å². The first-order valence-corrected chi connectivity index (χ1v) is 7.85. The lowest BCUT2D eigenvalue weighted by Crippen LogP contribution is -2.37. The van der Waals surface area contributed by atoms with Crippen LogP contribution in [0.1, 0.15) is 18.9 Å². The molecule has 0 radical (unpaired) electrons. The summed E-state index contributed by atoms with van der Waals surface area (Å²) in [6, 6.07) is 6.01.